The molecule has 2 N–H and O–H groups in total. The third-order valence-electron chi connectivity index (χ3n) is 3.96. The molecule has 0 unspecified atom stereocenters. The summed E-state index contributed by atoms with van der Waals surface area (Å²) in [4.78, 5) is 33.0. The van der Waals surface area contributed by atoms with E-state index in [1.807, 2.05) is 18.2 Å². The van der Waals surface area contributed by atoms with Crippen molar-refractivity contribution < 1.29 is 14.3 Å². The predicted octanol–water partition coefficient (Wildman–Crippen LogP) is 1.89. The lowest BCUT2D eigenvalue weighted by atomic mass is 9.96. The molecule has 1 atom stereocenters. The van der Waals surface area contributed by atoms with Crippen molar-refractivity contribution in [3.63, 3.8) is 0 Å². The van der Waals surface area contributed by atoms with Gasteiger partial charge in [0.15, 0.2) is 0 Å². The summed E-state index contributed by atoms with van der Waals surface area (Å²) in [6.07, 6.45) is 2.29. The van der Waals surface area contributed by atoms with Crippen molar-refractivity contribution in [2.75, 3.05) is 20.2 Å². The smallest absolute Gasteiger partial charge is 0.325 e. The van der Waals surface area contributed by atoms with Gasteiger partial charge >= 0.3 is 12.0 Å². The molecule has 0 bridgehead atoms. The Morgan fingerprint density at radius 1 is 1.50 bits per heavy atom. The predicted molar refractivity (Wildman–Crippen MR) is 87.7 cm³/mol. The molecule has 1 aromatic heterocycles. The van der Waals surface area contributed by atoms with Gasteiger partial charge in [0.2, 0.25) is 0 Å². The van der Waals surface area contributed by atoms with Gasteiger partial charge in [0, 0.05) is 23.7 Å². The number of urea groups is 1. The monoisotopic (exact) mass is 348 g/mol. The maximum atomic E-state index is 12.6. The van der Waals surface area contributed by atoms with Crippen LogP contribution in [-0.2, 0) is 16.0 Å². The maximum absolute atomic E-state index is 12.6. The van der Waals surface area contributed by atoms with Crippen molar-refractivity contribution >= 4 is 23.6 Å². The molecule has 0 fully saturated rings. The number of hydrogen-bond acceptors (Lipinski definition) is 4. The number of imidazole rings is 1. The summed E-state index contributed by atoms with van der Waals surface area (Å²) < 4.78 is 4.55. The third-order valence-corrected chi connectivity index (χ3v) is 4.20. The second-order valence-corrected chi connectivity index (χ2v) is 5.84. The number of aromatic nitrogens is 2. The fourth-order valence-electron chi connectivity index (χ4n) is 2.83. The average Bonchev–Trinajstić information content (AvgIpc) is 3.07. The lowest BCUT2D eigenvalue weighted by molar-refractivity contribution is -0.139. The number of esters is 1. The van der Waals surface area contributed by atoms with Crippen LogP contribution in [0.3, 0.4) is 0 Å². The molecule has 0 spiro atoms. The fraction of sp³-hybridized carbons (Fsp3) is 0.312. The first kappa shape index (κ1) is 16.3. The number of halogens is 1. The third kappa shape index (κ3) is 3.21. The molecule has 2 amide bonds. The number of carbonyl (C=O) groups excluding carboxylic acids is 2. The number of ether oxygens (including phenoxy) is 1. The SMILES string of the molecule is COC(=O)CNC(=O)N1CCc2[nH]cnc2[C@@H]1c1cccc(Cl)c1. The quantitative estimate of drug-likeness (QED) is 0.829. The Labute approximate surface area is 144 Å². The van der Waals surface area contributed by atoms with E-state index in [0.29, 0.717) is 18.0 Å². The van der Waals surface area contributed by atoms with E-state index in [9.17, 15) is 9.59 Å². The van der Waals surface area contributed by atoms with Crippen LogP contribution < -0.4 is 5.32 Å². The summed E-state index contributed by atoms with van der Waals surface area (Å²) in [5.41, 5.74) is 2.65. The number of benzene rings is 1. The molecule has 2 aromatic rings. The van der Waals surface area contributed by atoms with Crippen molar-refractivity contribution in [3.8, 4) is 0 Å². The first-order valence-electron chi connectivity index (χ1n) is 7.49. The van der Waals surface area contributed by atoms with E-state index in [4.69, 9.17) is 11.6 Å². The zero-order valence-electron chi connectivity index (χ0n) is 13.1. The van der Waals surface area contributed by atoms with Gasteiger partial charge in [-0.05, 0) is 17.7 Å². The van der Waals surface area contributed by atoms with Crippen LogP contribution in [-0.4, -0.2) is 47.1 Å². The van der Waals surface area contributed by atoms with Crippen molar-refractivity contribution in [3.05, 3.63) is 52.6 Å². The highest BCUT2D eigenvalue weighted by Gasteiger charge is 2.34. The molecule has 2 heterocycles. The minimum atomic E-state index is -0.500. The van der Waals surface area contributed by atoms with E-state index >= 15 is 0 Å². The molecule has 7 nitrogen and oxygen atoms in total. The van der Waals surface area contributed by atoms with Crippen LogP contribution in [0.2, 0.25) is 5.02 Å². The lowest BCUT2D eigenvalue weighted by Gasteiger charge is -2.35. The Balaban J connectivity index is 1.90. The second-order valence-electron chi connectivity index (χ2n) is 5.40. The Kier molecular flexibility index (Phi) is 4.71. The van der Waals surface area contributed by atoms with Crippen molar-refractivity contribution in [1.82, 2.24) is 20.2 Å². The highest BCUT2D eigenvalue weighted by molar-refractivity contribution is 6.30. The highest BCUT2D eigenvalue weighted by Crippen LogP contribution is 2.34. The molecular weight excluding hydrogens is 332 g/mol. The number of amides is 2. The number of aromatic amines is 1. The summed E-state index contributed by atoms with van der Waals surface area (Å²) >= 11 is 6.11. The molecule has 0 radical (unpaired) electrons. The molecule has 1 aromatic carbocycles. The van der Waals surface area contributed by atoms with Crippen LogP contribution in [0.15, 0.2) is 30.6 Å². The lowest BCUT2D eigenvalue weighted by Crippen LogP contribution is -2.47. The van der Waals surface area contributed by atoms with Crippen molar-refractivity contribution in [2.45, 2.75) is 12.5 Å². The van der Waals surface area contributed by atoms with Crippen LogP contribution in [0, 0.1) is 0 Å². The minimum Gasteiger partial charge on any atom is -0.468 e. The normalized spacial score (nSPS) is 16.4. The Hall–Kier alpha value is -2.54. The summed E-state index contributed by atoms with van der Waals surface area (Å²) in [5, 5.41) is 3.17. The topological polar surface area (TPSA) is 87.3 Å². The average molecular weight is 349 g/mol. The molecule has 0 saturated heterocycles. The van der Waals surface area contributed by atoms with Crippen LogP contribution in [0.5, 0.6) is 0 Å². The van der Waals surface area contributed by atoms with Crippen molar-refractivity contribution in [1.29, 1.82) is 0 Å². The van der Waals surface area contributed by atoms with Crippen LogP contribution in [0.25, 0.3) is 0 Å². The van der Waals surface area contributed by atoms with Gasteiger partial charge in [-0.2, -0.15) is 0 Å². The van der Waals surface area contributed by atoms with Crippen LogP contribution >= 0.6 is 11.6 Å². The molecular formula is C16H17ClN4O3. The molecule has 126 valence electrons. The number of hydrogen-bond donors (Lipinski definition) is 2. The van der Waals surface area contributed by atoms with E-state index in [1.165, 1.54) is 7.11 Å². The molecule has 0 aliphatic carbocycles. The molecule has 0 saturated carbocycles. The zero-order valence-corrected chi connectivity index (χ0v) is 13.8. The highest BCUT2D eigenvalue weighted by atomic mass is 35.5. The number of carbonyl (C=O) groups is 2. The fourth-order valence-corrected chi connectivity index (χ4v) is 3.03. The van der Waals surface area contributed by atoms with Gasteiger partial charge < -0.3 is 19.9 Å². The van der Waals surface area contributed by atoms with Gasteiger partial charge in [0.25, 0.3) is 0 Å². The summed E-state index contributed by atoms with van der Waals surface area (Å²) in [5.74, 6) is -0.500. The Morgan fingerprint density at radius 2 is 2.33 bits per heavy atom. The van der Waals surface area contributed by atoms with Gasteiger partial charge in [0.05, 0.1) is 19.1 Å². The van der Waals surface area contributed by atoms with E-state index < -0.39 is 5.97 Å². The van der Waals surface area contributed by atoms with Crippen LogP contribution in [0.1, 0.15) is 23.0 Å². The zero-order chi connectivity index (χ0) is 17.1. The van der Waals surface area contributed by atoms with Gasteiger partial charge in [-0.15, -0.1) is 0 Å². The van der Waals surface area contributed by atoms with E-state index in [0.717, 1.165) is 17.0 Å². The number of fused-ring (bicyclic) bond motifs is 1. The van der Waals surface area contributed by atoms with Crippen LogP contribution in [0.4, 0.5) is 4.79 Å². The number of nitrogens with one attached hydrogen (secondary N) is 2. The number of H-pyrrole nitrogens is 1. The Bertz CT molecular complexity index is 761. The summed E-state index contributed by atoms with van der Waals surface area (Å²) in [6.45, 7) is 0.320. The molecule has 3 rings (SSSR count). The van der Waals surface area contributed by atoms with Gasteiger partial charge in [0.1, 0.15) is 12.6 Å². The van der Waals surface area contributed by atoms with Gasteiger partial charge in [-0.25, -0.2) is 9.78 Å². The maximum Gasteiger partial charge on any atom is 0.325 e. The first-order chi connectivity index (χ1) is 11.6. The first-order valence-corrected chi connectivity index (χ1v) is 7.87. The van der Waals surface area contributed by atoms with E-state index in [1.54, 1.807) is 17.3 Å². The molecule has 1 aliphatic rings. The summed E-state index contributed by atoms with van der Waals surface area (Å²) in [6, 6.07) is 6.62. The molecule has 1 aliphatic heterocycles. The number of methoxy groups -OCH3 is 1. The Morgan fingerprint density at radius 3 is 3.08 bits per heavy atom. The van der Waals surface area contributed by atoms with E-state index in [-0.39, 0.29) is 18.6 Å². The summed E-state index contributed by atoms with van der Waals surface area (Å²) in [7, 11) is 1.28. The second kappa shape index (κ2) is 6.92. The largest absolute Gasteiger partial charge is 0.468 e. The molecule has 24 heavy (non-hydrogen) atoms. The number of rotatable bonds is 3. The standard InChI is InChI=1S/C16H17ClN4O3/c1-24-13(22)8-18-16(23)21-6-5-12-14(20-9-19-12)15(21)10-3-2-4-11(17)7-10/h2-4,7,9,15H,5-6,8H2,1H3,(H,18,23)(H,19,20)/t15-/m0/s1. The minimum absolute atomic E-state index is 0.179. The van der Waals surface area contributed by atoms with Gasteiger partial charge in [-0.1, -0.05) is 23.7 Å². The molecule has 8 heteroatoms. The number of nitrogens with zero attached hydrogens (tertiary/aromatic N) is 2. The van der Waals surface area contributed by atoms with Gasteiger partial charge in [-0.3, -0.25) is 4.79 Å². The van der Waals surface area contributed by atoms with E-state index in [2.05, 4.69) is 20.0 Å². The van der Waals surface area contributed by atoms with Crippen molar-refractivity contribution in [2.24, 2.45) is 0 Å².